The summed E-state index contributed by atoms with van der Waals surface area (Å²) in [6.45, 7) is 0.111. The van der Waals surface area contributed by atoms with Crippen LogP contribution in [0, 0.1) is 5.41 Å². The van der Waals surface area contributed by atoms with Crippen LogP contribution in [-0.4, -0.2) is 33.8 Å². The van der Waals surface area contributed by atoms with Crippen molar-refractivity contribution in [3.8, 4) is 0 Å². The standard InChI is InChI=1S/C7H11F3O3S/c8-6(9)7(5-14(10,11)12)1-3-13-4-2-7/h6H,1-5H2. The maximum atomic E-state index is 12.6. The van der Waals surface area contributed by atoms with Crippen molar-refractivity contribution >= 4 is 10.2 Å². The molecule has 0 amide bonds. The summed E-state index contributed by atoms with van der Waals surface area (Å²) >= 11 is 0. The van der Waals surface area contributed by atoms with Gasteiger partial charge in [-0.25, -0.2) is 8.78 Å². The molecule has 0 saturated carbocycles. The van der Waals surface area contributed by atoms with Crippen LogP contribution in [0.5, 0.6) is 0 Å². The van der Waals surface area contributed by atoms with Crippen LogP contribution in [0.3, 0.4) is 0 Å². The van der Waals surface area contributed by atoms with Crippen molar-refractivity contribution in [3.63, 3.8) is 0 Å². The summed E-state index contributed by atoms with van der Waals surface area (Å²) in [7, 11) is -4.86. The fourth-order valence-corrected chi connectivity index (χ4v) is 2.65. The number of hydrogen-bond acceptors (Lipinski definition) is 3. The van der Waals surface area contributed by atoms with E-state index in [1.807, 2.05) is 0 Å². The van der Waals surface area contributed by atoms with E-state index in [0.717, 1.165) is 0 Å². The molecule has 14 heavy (non-hydrogen) atoms. The molecule has 7 heteroatoms. The second-order valence-corrected chi connectivity index (χ2v) is 4.82. The van der Waals surface area contributed by atoms with Crippen LogP contribution in [0.2, 0.25) is 0 Å². The van der Waals surface area contributed by atoms with Gasteiger partial charge in [-0.05, 0) is 12.8 Å². The minimum atomic E-state index is -4.86. The van der Waals surface area contributed by atoms with Crippen LogP contribution < -0.4 is 0 Å². The van der Waals surface area contributed by atoms with Crippen LogP contribution in [0.15, 0.2) is 0 Å². The van der Waals surface area contributed by atoms with Gasteiger partial charge in [0.15, 0.2) is 0 Å². The Labute approximate surface area is 80.5 Å². The summed E-state index contributed by atoms with van der Waals surface area (Å²) in [5.74, 6) is -1.11. The van der Waals surface area contributed by atoms with Crippen molar-refractivity contribution < 1.29 is 25.8 Å². The SMILES string of the molecule is O=S(=O)(F)CC1(C(F)F)CCOCC1. The Kier molecular flexibility index (Phi) is 3.41. The predicted octanol–water partition coefficient (Wildman–Crippen LogP) is 1.35. The molecule has 1 fully saturated rings. The zero-order valence-electron chi connectivity index (χ0n) is 7.38. The molecule has 0 aromatic heterocycles. The van der Waals surface area contributed by atoms with Gasteiger partial charge in [-0.1, -0.05) is 0 Å². The summed E-state index contributed by atoms with van der Waals surface area (Å²) in [6.07, 6.45) is -3.07. The molecule has 0 aliphatic carbocycles. The summed E-state index contributed by atoms with van der Waals surface area (Å²) in [5, 5.41) is 0. The number of alkyl halides is 2. The van der Waals surface area contributed by atoms with Crippen LogP contribution in [-0.2, 0) is 15.0 Å². The second kappa shape index (κ2) is 4.06. The normalized spacial score (nSPS) is 22.6. The number of halogens is 3. The third-order valence-electron chi connectivity index (χ3n) is 2.41. The minimum Gasteiger partial charge on any atom is -0.381 e. The van der Waals surface area contributed by atoms with E-state index < -0.39 is 27.8 Å². The lowest BCUT2D eigenvalue weighted by Crippen LogP contribution is -2.41. The second-order valence-electron chi connectivity index (χ2n) is 3.46. The molecule has 1 heterocycles. The van der Waals surface area contributed by atoms with Gasteiger partial charge in [-0.15, -0.1) is 3.89 Å². The van der Waals surface area contributed by atoms with E-state index >= 15 is 0 Å². The molecule has 0 aromatic rings. The highest BCUT2D eigenvalue weighted by Crippen LogP contribution is 2.38. The molecular weight excluding hydrogens is 221 g/mol. The molecule has 1 aliphatic heterocycles. The maximum absolute atomic E-state index is 12.6. The average Bonchev–Trinajstić information content (AvgIpc) is 2.02. The first-order valence-corrected chi connectivity index (χ1v) is 5.69. The van der Waals surface area contributed by atoms with Crippen LogP contribution >= 0.6 is 0 Å². The van der Waals surface area contributed by atoms with Crippen molar-refractivity contribution in [3.05, 3.63) is 0 Å². The molecule has 0 N–H and O–H groups in total. The van der Waals surface area contributed by atoms with Crippen LogP contribution in [0.1, 0.15) is 12.8 Å². The van der Waals surface area contributed by atoms with E-state index in [9.17, 15) is 21.1 Å². The van der Waals surface area contributed by atoms with Gasteiger partial charge in [0.05, 0.1) is 11.2 Å². The predicted molar refractivity (Wildman–Crippen MR) is 43.4 cm³/mol. The molecule has 1 aliphatic rings. The lowest BCUT2D eigenvalue weighted by molar-refractivity contribution is -0.0670. The number of ether oxygens (including phenoxy) is 1. The lowest BCUT2D eigenvalue weighted by Gasteiger charge is -2.34. The number of hydrogen-bond donors (Lipinski definition) is 0. The lowest BCUT2D eigenvalue weighted by atomic mass is 9.83. The highest BCUT2D eigenvalue weighted by Gasteiger charge is 2.45. The van der Waals surface area contributed by atoms with Crippen molar-refractivity contribution in [1.29, 1.82) is 0 Å². The molecule has 0 bridgehead atoms. The Balaban J connectivity index is 2.81. The van der Waals surface area contributed by atoms with Gasteiger partial charge in [0.1, 0.15) is 0 Å². The minimum absolute atomic E-state index is 0.0554. The van der Waals surface area contributed by atoms with Gasteiger partial charge in [0, 0.05) is 13.2 Å². The Morgan fingerprint density at radius 2 is 1.79 bits per heavy atom. The van der Waals surface area contributed by atoms with Gasteiger partial charge < -0.3 is 4.74 Å². The summed E-state index contributed by atoms with van der Waals surface area (Å²) in [5.41, 5.74) is -1.76. The van der Waals surface area contributed by atoms with Crippen molar-refractivity contribution in [2.24, 2.45) is 5.41 Å². The molecule has 0 spiro atoms. The zero-order valence-corrected chi connectivity index (χ0v) is 8.20. The first-order chi connectivity index (χ1) is 6.36. The van der Waals surface area contributed by atoms with Crippen LogP contribution in [0.4, 0.5) is 12.7 Å². The summed E-state index contributed by atoms with van der Waals surface area (Å²) in [4.78, 5) is 0. The maximum Gasteiger partial charge on any atom is 0.303 e. The Bertz CT molecular complexity index is 283. The summed E-state index contributed by atoms with van der Waals surface area (Å²) < 4.78 is 63.2. The molecule has 0 unspecified atom stereocenters. The third kappa shape index (κ3) is 2.84. The fraction of sp³-hybridized carbons (Fsp3) is 1.00. The molecular formula is C7H11F3O3S. The van der Waals surface area contributed by atoms with Gasteiger partial charge in [-0.2, -0.15) is 8.42 Å². The quantitative estimate of drug-likeness (QED) is 0.690. The Morgan fingerprint density at radius 1 is 1.29 bits per heavy atom. The molecule has 0 aromatic carbocycles. The van der Waals surface area contributed by atoms with E-state index in [-0.39, 0.29) is 26.1 Å². The monoisotopic (exact) mass is 232 g/mol. The molecule has 1 saturated heterocycles. The third-order valence-corrected chi connectivity index (χ3v) is 3.33. The summed E-state index contributed by atoms with van der Waals surface area (Å²) in [6, 6.07) is 0. The molecule has 1 rings (SSSR count). The zero-order chi connectivity index (χ0) is 10.8. The number of rotatable bonds is 3. The highest BCUT2D eigenvalue weighted by molar-refractivity contribution is 7.86. The van der Waals surface area contributed by atoms with E-state index in [1.54, 1.807) is 0 Å². The smallest absolute Gasteiger partial charge is 0.303 e. The van der Waals surface area contributed by atoms with Gasteiger partial charge in [0.2, 0.25) is 6.43 Å². The fourth-order valence-electron chi connectivity index (χ4n) is 1.55. The van der Waals surface area contributed by atoms with Gasteiger partial charge in [0.25, 0.3) is 0 Å². The first kappa shape index (κ1) is 11.8. The molecule has 0 atom stereocenters. The highest BCUT2D eigenvalue weighted by atomic mass is 32.3. The first-order valence-electron chi connectivity index (χ1n) is 4.14. The van der Waals surface area contributed by atoms with Crippen molar-refractivity contribution in [1.82, 2.24) is 0 Å². The van der Waals surface area contributed by atoms with Crippen LogP contribution in [0.25, 0.3) is 0 Å². The largest absolute Gasteiger partial charge is 0.381 e. The topological polar surface area (TPSA) is 43.4 Å². The Morgan fingerprint density at radius 3 is 2.14 bits per heavy atom. The van der Waals surface area contributed by atoms with Crippen molar-refractivity contribution in [2.75, 3.05) is 19.0 Å². The van der Waals surface area contributed by atoms with Crippen molar-refractivity contribution in [2.45, 2.75) is 19.3 Å². The average molecular weight is 232 g/mol. The van der Waals surface area contributed by atoms with Gasteiger partial charge >= 0.3 is 10.2 Å². The Hall–Kier alpha value is -0.300. The molecule has 84 valence electrons. The molecule has 3 nitrogen and oxygen atoms in total. The van der Waals surface area contributed by atoms with E-state index in [4.69, 9.17) is 4.74 Å². The van der Waals surface area contributed by atoms with E-state index in [0.29, 0.717) is 0 Å². The van der Waals surface area contributed by atoms with E-state index in [2.05, 4.69) is 0 Å². The molecule has 0 radical (unpaired) electrons. The van der Waals surface area contributed by atoms with E-state index in [1.165, 1.54) is 0 Å². The van der Waals surface area contributed by atoms with Gasteiger partial charge in [-0.3, -0.25) is 0 Å².